The summed E-state index contributed by atoms with van der Waals surface area (Å²) < 4.78 is 28.7. The number of halogens is 1. The molecule has 3 nitrogen and oxygen atoms in total. The van der Waals surface area contributed by atoms with E-state index in [4.69, 9.17) is 0 Å². The first-order chi connectivity index (χ1) is 10.5. The van der Waals surface area contributed by atoms with Gasteiger partial charge in [0, 0.05) is 17.5 Å². The van der Waals surface area contributed by atoms with E-state index in [2.05, 4.69) is 22.6 Å². The van der Waals surface area contributed by atoms with Crippen LogP contribution in [0.25, 0.3) is 0 Å². The smallest absolute Gasteiger partial charge is 0.207 e. The lowest BCUT2D eigenvalue weighted by Gasteiger charge is -2.37. The van der Waals surface area contributed by atoms with Crippen molar-refractivity contribution in [3.63, 3.8) is 0 Å². The quantitative estimate of drug-likeness (QED) is 0.534. The molecule has 3 rings (SSSR count). The van der Waals surface area contributed by atoms with Crippen LogP contribution in [-0.2, 0) is 10.0 Å². The molecule has 5 heteroatoms. The molecule has 1 spiro atoms. The van der Waals surface area contributed by atoms with E-state index >= 15 is 0 Å². The Morgan fingerprint density at radius 2 is 1.82 bits per heavy atom. The maximum absolute atomic E-state index is 13.0. The van der Waals surface area contributed by atoms with Crippen LogP contribution in [0.2, 0.25) is 0 Å². The Morgan fingerprint density at radius 1 is 1.18 bits per heavy atom. The minimum absolute atomic E-state index is 0.233. The zero-order chi connectivity index (χ0) is 15.8. The van der Waals surface area contributed by atoms with Crippen LogP contribution in [0, 0.1) is 18.3 Å². The molecule has 1 saturated carbocycles. The molecule has 1 heterocycles. The third-order valence-electron chi connectivity index (χ3n) is 5.48. The summed E-state index contributed by atoms with van der Waals surface area (Å²) in [6, 6.07) is 7.26. The summed E-state index contributed by atoms with van der Waals surface area (Å²) in [6.07, 6.45) is 6.21. The van der Waals surface area contributed by atoms with Gasteiger partial charge in [0.1, 0.15) is 0 Å². The van der Waals surface area contributed by atoms with Crippen LogP contribution in [0.3, 0.4) is 0 Å². The molecule has 1 atom stereocenters. The van der Waals surface area contributed by atoms with Gasteiger partial charge in [0.05, 0.1) is 4.90 Å². The van der Waals surface area contributed by atoms with Gasteiger partial charge in [-0.3, -0.25) is 0 Å². The predicted octanol–water partition coefficient (Wildman–Crippen LogP) is 4.00. The normalized spacial score (nSPS) is 25.6. The highest BCUT2D eigenvalue weighted by Crippen LogP contribution is 2.49. The van der Waals surface area contributed by atoms with Crippen molar-refractivity contribution in [1.29, 1.82) is 0 Å². The van der Waals surface area contributed by atoms with E-state index in [9.17, 15) is 8.42 Å². The van der Waals surface area contributed by atoms with E-state index in [1.807, 2.05) is 19.1 Å². The average molecular weight is 433 g/mol. The van der Waals surface area contributed by atoms with Crippen LogP contribution in [0.5, 0.6) is 0 Å². The van der Waals surface area contributed by atoms with Gasteiger partial charge in [-0.05, 0) is 43.2 Å². The van der Waals surface area contributed by atoms with Crippen LogP contribution in [-0.4, -0.2) is 30.2 Å². The Hall–Kier alpha value is -0.140. The van der Waals surface area contributed by atoms with Crippen molar-refractivity contribution < 1.29 is 8.42 Å². The number of rotatable bonds is 3. The molecule has 0 radical (unpaired) electrons. The van der Waals surface area contributed by atoms with Crippen LogP contribution in [0.4, 0.5) is 0 Å². The summed E-state index contributed by atoms with van der Waals surface area (Å²) in [5.41, 5.74) is 1.33. The highest BCUT2D eigenvalue weighted by molar-refractivity contribution is 14.1. The lowest BCUT2D eigenvalue weighted by atomic mass is 9.68. The highest BCUT2D eigenvalue weighted by Gasteiger charge is 2.49. The number of nitrogens with zero attached hydrogens (tertiary/aromatic N) is 1. The Bertz CT molecular complexity index is 621. The van der Waals surface area contributed by atoms with Gasteiger partial charge in [-0.1, -0.05) is 59.5 Å². The van der Waals surface area contributed by atoms with Crippen molar-refractivity contribution in [2.24, 2.45) is 11.3 Å². The number of aryl methyl sites for hydroxylation is 1. The number of alkyl halides is 1. The van der Waals surface area contributed by atoms with Crippen molar-refractivity contribution in [2.75, 3.05) is 17.5 Å². The molecule has 1 aliphatic carbocycles. The fourth-order valence-electron chi connectivity index (χ4n) is 4.06. The molecule has 0 bridgehead atoms. The van der Waals surface area contributed by atoms with Gasteiger partial charge < -0.3 is 0 Å². The summed E-state index contributed by atoms with van der Waals surface area (Å²) in [4.78, 5) is 0.443. The van der Waals surface area contributed by atoms with Crippen molar-refractivity contribution in [1.82, 2.24) is 4.31 Å². The van der Waals surface area contributed by atoms with Crippen molar-refractivity contribution in [3.8, 4) is 0 Å². The number of hydrogen-bond donors (Lipinski definition) is 0. The van der Waals surface area contributed by atoms with Crippen LogP contribution in [0.1, 0.15) is 37.7 Å². The first-order valence-corrected chi connectivity index (χ1v) is 11.1. The van der Waals surface area contributed by atoms with Gasteiger partial charge in [0.2, 0.25) is 10.0 Å². The fraction of sp³-hybridized carbons (Fsp3) is 0.647. The van der Waals surface area contributed by atoms with Gasteiger partial charge in [-0.25, -0.2) is 8.42 Å². The summed E-state index contributed by atoms with van der Waals surface area (Å²) in [5, 5.41) is 0. The Kier molecular flexibility index (Phi) is 4.86. The van der Waals surface area contributed by atoms with Gasteiger partial charge in [0.25, 0.3) is 0 Å². The first-order valence-electron chi connectivity index (χ1n) is 8.11. The number of sulfonamides is 1. The van der Waals surface area contributed by atoms with Crippen molar-refractivity contribution in [2.45, 2.75) is 43.9 Å². The van der Waals surface area contributed by atoms with E-state index in [0.29, 0.717) is 17.4 Å². The summed E-state index contributed by atoms with van der Waals surface area (Å²) in [7, 11) is -3.34. The second kappa shape index (κ2) is 6.40. The third-order valence-corrected chi connectivity index (χ3v) is 8.36. The van der Waals surface area contributed by atoms with Gasteiger partial charge in [0.15, 0.2) is 0 Å². The van der Waals surface area contributed by atoms with E-state index in [1.165, 1.54) is 32.1 Å². The first kappa shape index (κ1) is 16.7. The zero-order valence-electron chi connectivity index (χ0n) is 13.1. The second-order valence-corrected chi connectivity index (χ2v) is 9.70. The van der Waals surface area contributed by atoms with Crippen molar-refractivity contribution >= 4 is 32.6 Å². The van der Waals surface area contributed by atoms with Crippen LogP contribution in [0.15, 0.2) is 29.2 Å². The molecule has 1 aliphatic heterocycles. The lowest BCUT2D eigenvalue weighted by Crippen LogP contribution is -2.35. The second-order valence-electron chi connectivity index (χ2n) is 6.88. The molecular weight excluding hydrogens is 409 g/mol. The van der Waals surface area contributed by atoms with E-state index in [0.717, 1.165) is 16.5 Å². The Balaban J connectivity index is 1.87. The molecular formula is C17H24INO2S. The molecule has 0 aromatic heterocycles. The molecule has 22 heavy (non-hydrogen) atoms. The van der Waals surface area contributed by atoms with E-state index in [-0.39, 0.29) is 5.41 Å². The van der Waals surface area contributed by atoms with Crippen LogP contribution < -0.4 is 0 Å². The van der Waals surface area contributed by atoms with Gasteiger partial charge >= 0.3 is 0 Å². The molecule has 2 aliphatic rings. The van der Waals surface area contributed by atoms with Crippen LogP contribution >= 0.6 is 22.6 Å². The molecule has 0 amide bonds. The number of hydrogen-bond acceptors (Lipinski definition) is 2. The maximum atomic E-state index is 13.0. The molecule has 2 fully saturated rings. The topological polar surface area (TPSA) is 37.4 Å². The minimum Gasteiger partial charge on any atom is -0.207 e. The average Bonchev–Trinajstić information content (AvgIpc) is 2.87. The monoisotopic (exact) mass is 433 g/mol. The Morgan fingerprint density at radius 3 is 2.41 bits per heavy atom. The van der Waals surface area contributed by atoms with Gasteiger partial charge in [-0.15, -0.1) is 0 Å². The molecule has 122 valence electrons. The largest absolute Gasteiger partial charge is 0.243 e. The van der Waals surface area contributed by atoms with E-state index in [1.54, 1.807) is 16.4 Å². The zero-order valence-corrected chi connectivity index (χ0v) is 16.1. The van der Waals surface area contributed by atoms with Crippen molar-refractivity contribution in [3.05, 3.63) is 29.8 Å². The SMILES string of the molecule is Cc1ccc(S(=O)(=O)N2CC(CI)C3(CCCCC3)C2)cc1. The predicted molar refractivity (Wildman–Crippen MR) is 97.8 cm³/mol. The fourth-order valence-corrected chi connectivity index (χ4v) is 6.86. The maximum Gasteiger partial charge on any atom is 0.243 e. The van der Waals surface area contributed by atoms with E-state index < -0.39 is 10.0 Å². The minimum atomic E-state index is -3.34. The molecule has 1 aromatic carbocycles. The molecule has 1 unspecified atom stereocenters. The standard InChI is InChI=1S/C17H24INO2S/c1-14-5-7-16(8-6-14)22(20,21)19-12-15(11-18)17(13-19)9-3-2-4-10-17/h5-8,15H,2-4,9-13H2,1H3. The molecule has 0 N–H and O–H groups in total. The summed E-state index contributed by atoms with van der Waals surface area (Å²) in [5.74, 6) is 0.508. The summed E-state index contributed by atoms with van der Waals surface area (Å²) in [6.45, 7) is 3.39. The molecule has 1 aromatic rings. The molecule has 1 saturated heterocycles. The van der Waals surface area contributed by atoms with Gasteiger partial charge in [-0.2, -0.15) is 4.31 Å². The lowest BCUT2D eigenvalue weighted by molar-refractivity contribution is 0.159. The number of benzene rings is 1. The summed E-state index contributed by atoms with van der Waals surface area (Å²) >= 11 is 2.44. The third kappa shape index (κ3) is 2.96. The Labute approximate surface area is 147 Å². The highest BCUT2D eigenvalue weighted by atomic mass is 127.